The Balaban J connectivity index is 1.88. The van der Waals surface area contributed by atoms with Gasteiger partial charge in [-0.15, -0.1) is 0 Å². The van der Waals surface area contributed by atoms with Gasteiger partial charge in [-0.05, 0) is 48.6 Å². The van der Waals surface area contributed by atoms with Crippen LogP contribution in [0.15, 0.2) is 46.0 Å². The van der Waals surface area contributed by atoms with E-state index in [0.717, 1.165) is 34.8 Å². The molecule has 1 aromatic heterocycles. The van der Waals surface area contributed by atoms with Crippen molar-refractivity contribution in [3.8, 4) is 0 Å². The lowest BCUT2D eigenvalue weighted by atomic mass is 9.68. The van der Waals surface area contributed by atoms with Crippen molar-refractivity contribution in [2.75, 3.05) is 5.32 Å². The van der Waals surface area contributed by atoms with Gasteiger partial charge in [-0.3, -0.25) is 9.79 Å². The molecular formula is C20H22N2O2. The number of aryl methyl sites for hydroxylation is 1. The zero-order valence-corrected chi connectivity index (χ0v) is 14.3. The average Bonchev–Trinajstić information content (AvgIpc) is 2.96. The van der Waals surface area contributed by atoms with Crippen molar-refractivity contribution in [2.45, 2.75) is 39.7 Å². The van der Waals surface area contributed by atoms with Gasteiger partial charge in [0.15, 0.2) is 0 Å². The molecule has 0 radical (unpaired) electrons. The van der Waals surface area contributed by atoms with Gasteiger partial charge in [0.2, 0.25) is 0 Å². The molecule has 1 saturated carbocycles. The van der Waals surface area contributed by atoms with Gasteiger partial charge in [0.05, 0.1) is 29.6 Å². The summed E-state index contributed by atoms with van der Waals surface area (Å²) in [6.07, 6.45) is 3.06. The van der Waals surface area contributed by atoms with Crippen molar-refractivity contribution in [3.63, 3.8) is 0 Å². The molecule has 2 aromatic rings. The summed E-state index contributed by atoms with van der Waals surface area (Å²) >= 11 is 0. The molecule has 124 valence electrons. The number of aliphatic imine (C=N–C) groups is 1. The fourth-order valence-corrected chi connectivity index (χ4v) is 3.89. The Labute approximate surface area is 142 Å². The molecule has 4 heteroatoms. The summed E-state index contributed by atoms with van der Waals surface area (Å²) < 4.78 is 5.65. The summed E-state index contributed by atoms with van der Waals surface area (Å²) in [6, 6.07) is 9.77. The molecule has 4 nitrogen and oxygen atoms in total. The zero-order chi connectivity index (χ0) is 16.9. The number of benzene rings is 1. The van der Waals surface area contributed by atoms with Gasteiger partial charge in [0.25, 0.3) is 0 Å². The van der Waals surface area contributed by atoms with Gasteiger partial charge in [0.1, 0.15) is 11.5 Å². The molecule has 1 fully saturated rings. The van der Waals surface area contributed by atoms with Crippen molar-refractivity contribution in [1.82, 2.24) is 0 Å². The number of hydrogen-bond acceptors (Lipinski definition) is 4. The van der Waals surface area contributed by atoms with E-state index in [4.69, 9.17) is 9.41 Å². The van der Waals surface area contributed by atoms with Crippen LogP contribution in [0.4, 0.5) is 11.4 Å². The van der Waals surface area contributed by atoms with Crippen LogP contribution in [0.3, 0.4) is 0 Å². The van der Waals surface area contributed by atoms with E-state index in [-0.39, 0.29) is 23.2 Å². The first-order chi connectivity index (χ1) is 11.4. The molecule has 2 atom stereocenters. The number of nitrogens with zero attached hydrogens (tertiary/aromatic N) is 1. The standard InChI is InChI=1S/C20H22N2O2/c1-12-6-7-13-14(9-12)22-19(17-5-4-8-24-17)18-15(21-13)10-20(2,3)11-16(18)23/h4-9,18-19,22H,10-11H2,1-3H3. The van der Waals surface area contributed by atoms with Gasteiger partial charge < -0.3 is 9.73 Å². The van der Waals surface area contributed by atoms with Gasteiger partial charge >= 0.3 is 0 Å². The summed E-state index contributed by atoms with van der Waals surface area (Å²) in [7, 11) is 0. The van der Waals surface area contributed by atoms with E-state index in [1.54, 1.807) is 6.26 Å². The number of carbonyl (C=O) groups excluding carboxylic acids is 1. The highest BCUT2D eigenvalue weighted by Gasteiger charge is 2.44. The minimum Gasteiger partial charge on any atom is -0.467 e. The van der Waals surface area contributed by atoms with Crippen LogP contribution in [0, 0.1) is 18.3 Å². The number of furan rings is 1. The molecule has 4 rings (SSSR count). The van der Waals surface area contributed by atoms with E-state index in [1.165, 1.54) is 0 Å². The lowest BCUT2D eigenvalue weighted by molar-refractivity contribution is -0.124. The van der Waals surface area contributed by atoms with Crippen LogP contribution in [0.25, 0.3) is 0 Å². The lowest BCUT2D eigenvalue weighted by Crippen LogP contribution is -2.42. The number of ketones is 1. The van der Waals surface area contributed by atoms with Gasteiger partial charge in [-0.2, -0.15) is 0 Å². The molecular weight excluding hydrogens is 300 g/mol. The van der Waals surface area contributed by atoms with Crippen LogP contribution in [0.2, 0.25) is 0 Å². The Morgan fingerprint density at radius 1 is 1.25 bits per heavy atom. The average molecular weight is 322 g/mol. The van der Waals surface area contributed by atoms with E-state index >= 15 is 0 Å². The summed E-state index contributed by atoms with van der Waals surface area (Å²) in [5, 5.41) is 3.53. The first-order valence-electron chi connectivity index (χ1n) is 8.44. The van der Waals surface area contributed by atoms with Crippen LogP contribution >= 0.6 is 0 Å². The van der Waals surface area contributed by atoms with Crippen LogP contribution in [0.1, 0.15) is 44.1 Å². The fourth-order valence-electron chi connectivity index (χ4n) is 3.89. The van der Waals surface area contributed by atoms with Crippen LogP contribution in [-0.2, 0) is 4.79 Å². The minimum absolute atomic E-state index is 0.0463. The maximum Gasteiger partial charge on any atom is 0.144 e. The van der Waals surface area contributed by atoms with Crippen LogP contribution in [-0.4, -0.2) is 11.5 Å². The molecule has 0 saturated heterocycles. The summed E-state index contributed by atoms with van der Waals surface area (Å²) in [5.41, 5.74) is 3.95. The third-order valence-electron chi connectivity index (χ3n) is 4.93. The Bertz CT molecular complexity index is 818. The van der Waals surface area contributed by atoms with E-state index in [9.17, 15) is 4.79 Å². The number of fused-ring (bicyclic) bond motifs is 2. The highest BCUT2D eigenvalue weighted by atomic mass is 16.3. The van der Waals surface area contributed by atoms with Crippen LogP contribution in [0.5, 0.6) is 0 Å². The minimum atomic E-state index is -0.267. The second-order valence-corrected chi connectivity index (χ2v) is 7.72. The molecule has 0 spiro atoms. The van der Waals surface area contributed by atoms with Crippen molar-refractivity contribution in [3.05, 3.63) is 47.9 Å². The molecule has 24 heavy (non-hydrogen) atoms. The predicted molar refractivity (Wildman–Crippen MR) is 94.9 cm³/mol. The third-order valence-corrected chi connectivity index (χ3v) is 4.93. The maximum absolute atomic E-state index is 13.0. The maximum atomic E-state index is 13.0. The molecule has 0 bridgehead atoms. The lowest BCUT2D eigenvalue weighted by Gasteiger charge is -2.36. The molecule has 2 unspecified atom stereocenters. The van der Waals surface area contributed by atoms with E-state index in [2.05, 4.69) is 38.2 Å². The molecule has 0 amide bonds. The van der Waals surface area contributed by atoms with Gasteiger partial charge in [-0.1, -0.05) is 19.9 Å². The molecule has 2 heterocycles. The monoisotopic (exact) mass is 322 g/mol. The Morgan fingerprint density at radius 3 is 2.83 bits per heavy atom. The summed E-state index contributed by atoms with van der Waals surface area (Å²) in [4.78, 5) is 17.9. The molecule has 1 aliphatic carbocycles. The van der Waals surface area contributed by atoms with E-state index in [0.29, 0.717) is 6.42 Å². The highest BCUT2D eigenvalue weighted by Crippen LogP contribution is 2.45. The van der Waals surface area contributed by atoms with Crippen LogP contribution < -0.4 is 5.32 Å². The molecule has 1 aromatic carbocycles. The SMILES string of the molecule is Cc1ccc2c(c1)NC(c1ccco1)C1C(=O)CC(C)(C)CC1=N2. The Morgan fingerprint density at radius 2 is 2.08 bits per heavy atom. The number of anilines is 1. The van der Waals surface area contributed by atoms with Gasteiger partial charge in [-0.25, -0.2) is 0 Å². The topological polar surface area (TPSA) is 54.6 Å². The highest BCUT2D eigenvalue weighted by molar-refractivity contribution is 6.10. The number of rotatable bonds is 1. The number of hydrogen-bond donors (Lipinski definition) is 1. The zero-order valence-electron chi connectivity index (χ0n) is 14.3. The Kier molecular flexibility index (Phi) is 3.37. The third kappa shape index (κ3) is 2.56. The molecule has 1 aliphatic heterocycles. The summed E-state index contributed by atoms with van der Waals surface area (Å²) in [5.74, 6) is 0.760. The Hall–Kier alpha value is -2.36. The number of nitrogens with one attached hydrogen (secondary N) is 1. The quantitative estimate of drug-likeness (QED) is 0.818. The van der Waals surface area contributed by atoms with Crippen molar-refractivity contribution in [1.29, 1.82) is 0 Å². The predicted octanol–water partition coefficient (Wildman–Crippen LogP) is 4.83. The van der Waals surface area contributed by atoms with E-state index in [1.807, 2.05) is 18.2 Å². The smallest absolute Gasteiger partial charge is 0.144 e. The molecule has 1 N–H and O–H groups in total. The van der Waals surface area contributed by atoms with Crippen molar-refractivity contribution < 1.29 is 9.21 Å². The van der Waals surface area contributed by atoms with Crippen molar-refractivity contribution >= 4 is 22.9 Å². The first-order valence-corrected chi connectivity index (χ1v) is 8.44. The number of Topliss-reactive ketones (excluding diaryl/α,β-unsaturated/α-hetero) is 1. The van der Waals surface area contributed by atoms with Crippen molar-refractivity contribution in [2.24, 2.45) is 16.3 Å². The van der Waals surface area contributed by atoms with E-state index < -0.39 is 0 Å². The second-order valence-electron chi connectivity index (χ2n) is 7.72. The largest absolute Gasteiger partial charge is 0.467 e. The number of carbonyl (C=O) groups is 1. The molecule has 2 aliphatic rings. The second kappa shape index (κ2) is 5.33. The fraction of sp³-hybridized carbons (Fsp3) is 0.400. The summed E-state index contributed by atoms with van der Waals surface area (Å²) in [6.45, 7) is 6.34. The first kappa shape index (κ1) is 15.2. The normalized spacial score (nSPS) is 25.1. The van der Waals surface area contributed by atoms with Gasteiger partial charge in [0, 0.05) is 12.1 Å².